The molecule has 2 saturated heterocycles. The van der Waals surface area contributed by atoms with E-state index in [-0.39, 0.29) is 107 Å². The minimum atomic E-state index is -0.975. The molecular formula is C77H105N3O8. The van der Waals surface area contributed by atoms with Gasteiger partial charge >= 0.3 is 0 Å². The van der Waals surface area contributed by atoms with E-state index < -0.39 is 57.1 Å². The fourth-order valence-corrected chi connectivity index (χ4v) is 25.7. The van der Waals surface area contributed by atoms with Gasteiger partial charge in [0.2, 0.25) is 0 Å². The van der Waals surface area contributed by atoms with Crippen molar-refractivity contribution in [1.29, 1.82) is 0 Å². The summed E-state index contributed by atoms with van der Waals surface area (Å²) in [5.41, 5.74) is 10.1. The number of nitrogens with two attached hydrogens (primary N) is 1. The van der Waals surface area contributed by atoms with E-state index in [1.54, 1.807) is 0 Å². The molecule has 9 N–H and O–H groups in total. The van der Waals surface area contributed by atoms with Crippen LogP contribution < -0.4 is 16.4 Å². The van der Waals surface area contributed by atoms with Crippen molar-refractivity contribution in [2.45, 2.75) is 217 Å². The number of aromatic hydroxyl groups is 1. The van der Waals surface area contributed by atoms with Gasteiger partial charge in [0, 0.05) is 54.6 Å². The van der Waals surface area contributed by atoms with Gasteiger partial charge < -0.3 is 46.6 Å². The fraction of sp³-hybridized carbons (Fsp3) is 0.714. The van der Waals surface area contributed by atoms with Gasteiger partial charge in [-0.05, 0) is 257 Å². The lowest BCUT2D eigenvalue weighted by molar-refractivity contribution is -0.264. The molecule has 14 aliphatic rings. The average Bonchev–Trinajstić information content (AvgIpc) is 1.16. The number of phenols is 1. The number of carbonyl (C=O) groups excluding carboxylic acids is 2. The van der Waals surface area contributed by atoms with Crippen molar-refractivity contribution in [3.63, 3.8) is 0 Å². The largest absolute Gasteiger partial charge is 0.508 e. The van der Waals surface area contributed by atoms with E-state index in [1.807, 2.05) is 26.1 Å². The predicted octanol–water partition coefficient (Wildman–Crippen LogP) is 12.0. The van der Waals surface area contributed by atoms with Crippen molar-refractivity contribution in [3.05, 3.63) is 106 Å². The van der Waals surface area contributed by atoms with Crippen LogP contribution in [0.25, 0.3) is 0 Å². The molecule has 2 aromatic rings. The van der Waals surface area contributed by atoms with Crippen LogP contribution in [0.5, 0.6) is 5.75 Å². The summed E-state index contributed by atoms with van der Waals surface area (Å²) in [7, 11) is 1.93. The SMILES string of the molecule is CNCc1cc(O)cc([C@H]2C(=O)[C@]34CC=C[C@@H]2[C@@]2(C5CCCC5)[C@H]5CCC6=C7C(=O)C[C@]6(C)[C@]5(C[C@@H](NC[C@@](C)(O)CCCC3)[C@@H]42)[C@H]2C[C@@H](C=C[C@H]2O)[C@@H]2CC[C@@H](CO)[C@H]3C=C[C@@H]([C@@H](O)[C@H]4O[C@]4(C)[C@H]4CCC[C@@H]4c4cc(N)cc(CC(C)C)c4)[C@H]7[C@H]32)c1. The van der Waals surface area contributed by atoms with Crippen LogP contribution in [0.2, 0.25) is 0 Å². The summed E-state index contributed by atoms with van der Waals surface area (Å²) in [5.74, 6) is 0.606. The van der Waals surface area contributed by atoms with E-state index in [2.05, 4.69) is 99.1 Å². The molecular weight excluding hydrogens is 1090 g/mol. The maximum atomic E-state index is 16.8. The highest BCUT2D eigenvalue weighted by atomic mass is 16.6. The molecule has 8 bridgehead atoms. The summed E-state index contributed by atoms with van der Waals surface area (Å²) in [6.07, 6.45) is 29.4. The highest BCUT2D eigenvalue weighted by Gasteiger charge is 2.81. The second-order valence-electron chi connectivity index (χ2n) is 33.1. The normalized spacial score (nSPS) is 47.0. The molecule has 0 aromatic heterocycles. The van der Waals surface area contributed by atoms with Gasteiger partial charge in [0.25, 0.3) is 0 Å². The molecule has 0 radical (unpaired) electrons. The second kappa shape index (κ2) is 21.8. The number of nitrogen functional groups attached to an aromatic ring is 1. The predicted molar refractivity (Wildman–Crippen MR) is 343 cm³/mol. The molecule has 11 nitrogen and oxygen atoms in total. The van der Waals surface area contributed by atoms with E-state index in [9.17, 15) is 25.5 Å². The molecule has 24 atom stereocenters. The number of epoxide rings is 1. The number of phenolic OH excluding ortho intramolecular Hbond substituents is 1. The Hall–Kier alpha value is -3.94. The number of aliphatic hydroxyl groups is 4. The van der Waals surface area contributed by atoms with Crippen LogP contribution in [-0.4, -0.2) is 92.9 Å². The lowest BCUT2D eigenvalue weighted by Gasteiger charge is -2.77. The zero-order chi connectivity index (χ0) is 61.2. The van der Waals surface area contributed by atoms with Gasteiger partial charge in [-0.2, -0.15) is 0 Å². The summed E-state index contributed by atoms with van der Waals surface area (Å²) >= 11 is 0. The topological polar surface area (TPSA) is 198 Å². The summed E-state index contributed by atoms with van der Waals surface area (Å²) in [6.45, 7) is 12.3. The van der Waals surface area contributed by atoms with Gasteiger partial charge in [-0.25, -0.2) is 0 Å². The number of hydrogen-bond acceptors (Lipinski definition) is 11. The van der Waals surface area contributed by atoms with Gasteiger partial charge in [0.05, 0.1) is 29.3 Å². The van der Waals surface area contributed by atoms with Crippen LogP contribution in [0.4, 0.5) is 5.69 Å². The zero-order valence-electron chi connectivity index (χ0n) is 53.8. The van der Waals surface area contributed by atoms with Gasteiger partial charge in [0.1, 0.15) is 17.6 Å². The Kier molecular flexibility index (Phi) is 15.0. The number of β-amino-alcohol motifs (C(OH)–C–C–N with tert-alkyl or cyclic N) is 1. The number of rotatable bonds is 11. The number of nitrogens with one attached hydrogen (secondary N) is 2. The Morgan fingerprint density at radius 2 is 1.65 bits per heavy atom. The van der Waals surface area contributed by atoms with Gasteiger partial charge in [-0.15, -0.1) is 0 Å². The number of fused-ring (bicyclic) bond motifs is 6. The van der Waals surface area contributed by atoms with Crippen LogP contribution in [-0.2, 0) is 27.3 Å². The lowest BCUT2D eigenvalue weighted by atomic mass is 9.27. The summed E-state index contributed by atoms with van der Waals surface area (Å²) in [6, 6.07) is 12.5. The van der Waals surface area contributed by atoms with Crippen molar-refractivity contribution < 1.29 is 39.9 Å². The molecule has 16 rings (SSSR count). The number of ether oxygens (including phenoxy) is 1. The van der Waals surface area contributed by atoms with Crippen LogP contribution >= 0.6 is 0 Å². The van der Waals surface area contributed by atoms with Crippen molar-refractivity contribution in [2.75, 3.05) is 25.9 Å². The Bertz CT molecular complexity index is 3210. The Balaban J connectivity index is 0.921. The second-order valence-corrected chi connectivity index (χ2v) is 33.1. The Morgan fingerprint density at radius 1 is 0.852 bits per heavy atom. The first-order valence-electron chi connectivity index (χ1n) is 35.5. The molecule has 8 fully saturated rings. The van der Waals surface area contributed by atoms with Gasteiger partial charge in [0.15, 0.2) is 5.78 Å². The number of hydrogen-bond donors (Lipinski definition) is 8. The molecule has 2 heterocycles. The number of anilines is 1. The van der Waals surface area contributed by atoms with Crippen LogP contribution in [0.3, 0.4) is 0 Å². The van der Waals surface area contributed by atoms with Gasteiger partial charge in [-0.3, -0.25) is 9.59 Å². The molecule has 476 valence electrons. The first-order valence-corrected chi connectivity index (χ1v) is 35.5. The van der Waals surface area contributed by atoms with Crippen molar-refractivity contribution in [1.82, 2.24) is 10.6 Å². The minimum Gasteiger partial charge on any atom is -0.508 e. The van der Waals surface area contributed by atoms with E-state index >= 15 is 9.59 Å². The number of aliphatic hydroxyl groups excluding tert-OH is 3. The molecule has 88 heavy (non-hydrogen) atoms. The molecule has 2 spiro atoms. The molecule has 2 aliphatic heterocycles. The van der Waals surface area contributed by atoms with E-state index in [0.717, 1.165) is 125 Å². The summed E-state index contributed by atoms with van der Waals surface area (Å²) in [5, 5.41) is 70.4. The molecule has 12 aliphatic carbocycles. The third-order valence-electron chi connectivity index (χ3n) is 28.5. The van der Waals surface area contributed by atoms with E-state index in [4.69, 9.17) is 10.5 Å². The standard InChI is InChI=1S/C77H105N3O8/c1-42(2)29-43-30-47(34-50(78)32-43)52-15-11-16-56(52)74(5)71(88-74)68(85)55-22-21-54-46(40-81)18-20-53-45-19-24-61(83)59(36-45)76-37-60-69-75(27-10-9-26-72(3,87)41-80-60)28-12-17-58(64(70(75)86)48-31-44(39-79-6)33-51(82)35-48)77(69,49-13-7-8-14-49)63(76)25-23-57-67(66(55)65(53)54)62(84)38-73(57,76)4/h12,17,19,21-22,24,30-35,42,45-46,49,52-56,58-61,63-66,68-69,71,79-83,85,87H,7-11,13-16,18,20,23,25-29,36-41,78H2,1-6H3/t45-,46+,52-,53+,54-,55-,56+,58+,59+,60-,61-,63+,64-,65+,66+,68-,69+,71-,72+,73+,74-,75+,76-,77+/m1/s1. The minimum absolute atomic E-state index is 0.00947. The highest BCUT2D eigenvalue weighted by Crippen LogP contribution is 2.83. The smallest absolute Gasteiger partial charge is 0.160 e. The first-order chi connectivity index (χ1) is 42.2. The number of allylic oxidation sites excluding steroid dienone is 6. The fourth-order valence-electron chi connectivity index (χ4n) is 25.7. The van der Waals surface area contributed by atoms with E-state index in [0.29, 0.717) is 50.5 Å². The zero-order valence-corrected chi connectivity index (χ0v) is 53.8. The summed E-state index contributed by atoms with van der Waals surface area (Å²) in [4.78, 5) is 33.6. The Morgan fingerprint density at radius 3 is 2.43 bits per heavy atom. The number of benzene rings is 2. The average molecular weight is 1200 g/mol. The summed E-state index contributed by atoms with van der Waals surface area (Å²) < 4.78 is 7.09. The quantitative estimate of drug-likeness (QED) is 0.0605. The monoisotopic (exact) mass is 1200 g/mol. The van der Waals surface area contributed by atoms with Crippen LogP contribution in [0.15, 0.2) is 84.0 Å². The third kappa shape index (κ3) is 8.76. The number of ketones is 2. The first kappa shape index (κ1) is 60.3. The molecule has 2 aromatic carbocycles. The third-order valence-corrected chi connectivity index (χ3v) is 28.5. The maximum Gasteiger partial charge on any atom is 0.160 e. The molecule has 11 heteroatoms. The highest BCUT2D eigenvalue weighted by molar-refractivity contribution is 6.01. The maximum absolute atomic E-state index is 16.8. The molecule has 6 saturated carbocycles. The van der Waals surface area contributed by atoms with E-state index in [1.165, 1.54) is 16.7 Å². The van der Waals surface area contributed by atoms with Crippen molar-refractivity contribution in [2.24, 2.45) is 105 Å². The van der Waals surface area contributed by atoms with Crippen molar-refractivity contribution >= 4 is 17.3 Å². The molecule has 0 unspecified atom stereocenters. The van der Waals surface area contributed by atoms with Gasteiger partial charge in [-0.1, -0.05) is 107 Å². The number of Topliss-reactive ketones (excluding diaryl/α,β-unsaturated/α-hetero) is 2. The van der Waals surface area contributed by atoms with Crippen molar-refractivity contribution in [3.8, 4) is 5.75 Å². The van der Waals surface area contributed by atoms with Crippen LogP contribution in [0.1, 0.15) is 191 Å². The number of carbonyl (C=O) groups is 2. The Labute approximate surface area is 524 Å². The molecule has 0 amide bonds. The lowest BCUT2D eigenvalue weighted by Crippen LogP contribution is -2.77. The van der Waals surface area contributed by atoms with Crippen LogP contribution in [0, 0.1) is 105 Å².